The third-order valence-corrected chi connectivity index (χ3v) is 5.49. The summed E-state index contributed by atoms with van der Waals surface area (Å²) in [6.45, 7) is 17.2. The van der Waals surface area contributed by atoms with E-state index in [0.29, 0.717) is 0 Å². The summed E-state index contributed by atoms with van der Waals surface area (Å²) in [5, 5.41) is 8.97. The van der Waals surface area contributed by atoms with Gasteiger partial charge in [-0.05, 0) is 50.8 Å². The number of aliphatic imine (C=N–C) groups is 1. The van der Waals surface area contributed by atoms with Crippen LogP contribution < -0.4 is 10.6 Å². The van der Waals surface area contributed by atoms with Gasteiger partial charge in [-0.2, -0.15) is 0 Å². The van der Waals surface area contributed by atoms with Crippen LogP contribution in [0.4, 0.5) is 0 Å². The predicted octanol–water partition coefficient (Wildman–Crippen LogP) is 3.70. The van der Waals surface area contributed by atoms with Crippen LogP contribution >= 0.6 is 11.3 Å². The SMILES string of the molecule is CCNC(=NCC(C)(C)c1cccs1)NCCCCN(CC)CC. The number of hydrogen-bond acceptors (Lipinski definition) is 3. The molecule has 0 spiro atoms. The molecule has 24 heavy (non-hydrogen) atoms. The zero-order valence-corrected chi connectivity index (χ0v) is 17.0. The van der Waals surface area contributed by atoms with E-state index in [2.05, 4.69) is 67.7 Å². The van der Waals surface area contributed by atoms with Crippen LogP contribution in [-0.4, -0.2) is 50.1 Å². The highest BCUT2D eigenvalue weighted by atomic mass is 32.1. The van der Waals surface area contributed by atoms with Gasteiger partial charge < -0.3 is 15.5 Å². The molecule has 0 bridgehead atoms. The highest BCUT2D eigenvalue weighted by Gasteiger charge is 2.21. The summed E-state index contributed by atoms with van der Waals surface area (Å²) in [6.07, 6.45) is 2.41. The zero-order valence-electron chi connectivity index (χ0n) is 16.2. The van der Waals surface area contributed by atoms with E-state index >= 15 is 0 Å². The van der Waals surface area contributed by atoms with Gasteiger partial charge in [0.05, 0.1) is 6.54 Å². The first-order valence-electron chi connectivity index (χ1n) is 9.32. The van der Waals surface area contributed by atoms with Crippen LogP contribution in [0, 0.1) is 0 Å². The van der Waals surface area contributed by atoms with Crippen molar-refractivity contribution < 1.29 is 0 Å². The zero-order chi connectivity index (χ0) is 17.8. The first-order chi connectivity index (χ1) is 11.5. The van der Waals surface area contributed by atoms with E-state index in [1.807, 2.05) is 11.3 Å². The Morgan fingerprint density at radius 1 is 1.17 bits per heavy atom. The van der Waals surface area contributed by atoms with Gasteiger partial charge >= 0.3 is 0 Å². The Bertz CT molecular complexity index is 450. The fraction of sp³-hybridized carbons (Fsp3) is 0.737. The minimum atomic E-state index is 0.0826. The summed E-state index contributed by atoms with van der Waals surface area (Å²) in [5.74, 6) is 0.935. The second-order valence-corrected chi connectivity index (χ2v) is 7.66. The number of nitrogens with zero attached hydrogens (tertiary/aromatic N) is 2. The monoisotopic (exact) mass is 352 g/mol. The Morgan fingerprint density at radius 3 is 2.50 bits per heavy atom. The Hall–Kier alpha value is -1.07. The molecule has 2 N–H and O–H groups in total. The maximum absolute atomic E-state index is 4.80. The van der Waals surface area contributed by atoms with Gasteiger partial charge in [-0.1, -0.05) is 33.8 Å². The van der Waals surface area contributed by atoms with Gasteiger partial charge in [0, 0.05) is 23.4 Å². The van der Waals surface area contributed by atoms with Crippen LogP contribution in [0.2, 0.25) is 0 Å². The number of rotatable bonds is 11. The third kappa shape index (κ3) is 7.67. The lowest BCUT2D eigenvalue weighted by Crippen LogP contribution is -2.39. The van der Waals surface area contributed by atoms with Crippen molar-refractivity contribution in [2.45, 2.75) is 52.9 Å². The Balaban J connectivity index is 2.40. The van der Waals surface area contributed by atoms with E-state index in [-0.39, 0.29) is 5.41 Å². The Labute approximate surface area is 152 Å². The van der Waals surface area contributed by atoms with Crippen molar-refractivity contribution in [1.82, 2.24) is 15.5 Å². The summed E-state index contributed by atoms with van der Waals surface area (Å²) in [4.78, 5) is 8.66. The number of thiophene rings is 1. The highest BCUT2D eigenvalue weighted by molar-refractivity contribution is 7.10. The molecule has 0 unspecified atom stereocenters. The molecule has 1 aromatic heterocycles. The van der Waals surface area contributed by atoms with Crippen LogP contribution in [0.25, 0.3) is 0 Å². The van der Waals surface area contributed by atoms with E-state index in [1.54, 1.807) is 0 Å². The van der Waals surface area contributed by atoms with E-state index in [1.165, 1.54) is 24.3 Å². The average Bonchev–Trinajstić information content (AvgIpc) is 3.11. The molecule has 0 atom stereocenters. The van der Waals surface area contributed by atoms with Crippen LogP contribution in [0.15, 0.2) is 22.5 Å². The van der Waals surface area contributed by atoms with Crippen LogP contribution in [-0.2, 0) is 5.41 Å². The summed E-state index contributed by atoms with van der Waals surface area (Å²) in [7, 11) is 0. The smallest absolute Gasteiger partial charge is 0.191 e. The van der Waals surface area contributed by atoms with Crippen molar-refractivity contribution in [3.05, 3.63) is 22.4 Å². The topological polar surface area (TPSA) is 39.7 Å². The minimum Gasteiger partial charge on any atom is -0.357 e. The maximum Gasteiger partial charge on any atom is 0.191 e. The summed E-state index contributed by atoms with van der Waals surface area (Å²) in [6, 6.07) is 4.32. The first-order valence-corrected chi connectivity index (χ1v) is 10.2. The van der Waals surface area contributed by atoms with Gasteiger partial charge in [-0.3, -0.25) is 4.99 Å². The molecule has 0 fully saturated rings. The highest BCUT2D eigenvalue weighted by Crippen LogP contribution is 2.27. The fourth-order valence-electron chi connectivity index (χ4n) is 2.57. The lowest BCUT2D eigenvalue weighted by molar-refractivity contribution is 0.297. The van der Waals surface area contributed by atoms with E-state index in [0.717, 1.165) is 38.7 Å². The van der Waals surface area contributed by atoms with Crippen molar-refractivity contribution in [3.8, 4) is 0 Å². The normalized spacial score (nSPS) is 12.7. The van der Waals surface area contributed by atoms with Gasteiger partial charge in [0.25, 0.3) is 0 Å². The van der Waals surface area contributed by atoms with Crippen molar-refractivity contribution in [3.63, 3.8) is 0 Å². The van der Waals surface area contributed by atoms with Crippen molar-refractivity contribution >= 4 is 17.3 Å². The summed E-state index contributed by atoms with van der Waals surface area (Å²) in [5.41, 5.74) is 0.0826. The average molecular weight is 353 g/mol. The lowest BCUT2D eigenvalue weighted by Gasteiger charge is -2.22. The Morgan fingerprint density at radius 2 is 1.92 bits per heavy atom. The fourth-order valence-corrected chi connectivity index (χ4v) is 3.41. The molecule has 138 valence electrons. The molecule has 0 saturated carbocycles. The van der Waals surface area contributed by atoms with E-state index in [4.69, 9.17) is 4.99 Å². The van der Waals surface area contributed by atoms with Gasteiger partial charge in [0.15, 0.2) is 5.96 Å². The van der Waals surface area contributed by atoms with Gasteiger partial charge in [-0.15, -0.1) is 11.3 Å². The molecule has 5 heteroatoms. The molecule has 0 saturated heterocycles. The molecule has 1 rings (SSSR count). The van der Waals surface area contributed by atoms with Crippen LogP contribution in [0.1, 0.15) is 52.3 Å². The maximum atomic E-state index is 4.80. The number of guanidine groups is 1. The predicted molar refractivity (Wildman–Crippen MR) is 108 cm³/mol. The number of hydrogen-bond donors (Lipinski definition) is 2. The van der Waals surface area contributed by atoms with Crippen molar-refractivity contribution in [2.24, 2.45) is 4.99 Å². The second kappa shape index (κ2) is 11.5. The summed E-state index contributed by atoms with van der Waals surface area (Å²) < 4.78 is 0. The molecule has 1 heterocycles. The minimum absolute atomic E-state index is 0.0826. The molecule has 4 nitrogen and oxygen atoms in total. The van der Waals surface area contributed by atoms with Crippen molar-refractivity contribution in [1.29, 1.82) is 0 Å². The molecule has 0 amide bonds. The van der Waals surface area contributed by atoms with Crippen molar-refractivity contribution in [2.75, 3.05) is 39.3 Å². The molecular formula is C19H36N4S. The molecule has 1 aromatic rings. The number of nitrogens with one attached hydrogen (secondary N) is 2. The van der Waals surface area contributed by atoms with E-state index in [9.17, 15) is 0 Å². The van der Waals surface area contributed by atoms with Gasteiger partial charge in [0.2, 0.25) is 0 Å². The largest absolute Gasteiger partial charge is 0.357 e. The van der Waals surface area contributed by atoms with Gasteiger partial charge in [0.1, 0.15) is 0 Å². The molecule has 0 aliphatic carbocycles. The first kappa shape index (κ1) is 21.0. The second-order valence-electron chi connectivity index (χ2n) is 6.72. The molecule has 0 aliphatic rings. The van der Waals surface area contributed by atoms with Crippen LogP contribution in [0.3, 0.4) is 0 Å². The molecule has 0 radical (unpaired) electrons. The molecule has 0 aromatic carbocycles. The third-order valence-electron chi connectivity index (χ3n) is 4.25. The number of unbranched alkanes of at least 4 members (excludes halogenated alkanes) is 1. The standard InChI is InChI=1S/C19H36N4S/c1-6-20-18(21-13-9-10-14-23(7-2)8-3)22-16-19(4,5)17-12-11-15-24-17/h11-12,15H,6-10,13-14,16H2,1-5H3,(H2,20,21,22). The molecular weight excluding hydrogens is 316 g/mol. The summed E-state index contributed by atoms with van der Waals surface area (Å²) >= 11 is 1.81. The van der Waals surface area contributed by atoms with E-state index < -0.39 is 0 Å². The van der Waals surface area contributed by atoms with Crippen LogP contribution in [0.5, 0.6) is 0 Å². The quantitative estimate of drug-likeness (QED) is 0.362. The van der Waals surface area contributed by atoms with Gasteiger partial charge in [-0.25, -0.2) is 0 Å². The lowest BCUT2D eigenvalue weighted by atomic mass is 9.92. The molecule has 0 aliphatic heterocycles. The Kier molecular flexibility index (Phi) is 10.0.